The van der Waals surface area contributed by atoms with Gasteiger partial charge in [-0.1, -0.05) is 0 Å². The van der Waals surface area contributed by atoms with Gasteiger partial charge in [0.15, 0.2) is 0 Å². The topological polar surface area (TPSA) is 52.3 Å². The van der Waals surface area contributed by atoms with E-state index in [0.717, 1.165) is 0 Å². The molecule has 2 N–H and O–H groups in total. The second kappa shape index (κ2) is 2.66. The molecule has 0 heterocycles. The average Bonchev–Trinajstić information content (AvgIpc) is 1.65. The minimum Gasteiger partial charge on any atom is -0.468 e. The summed E-state index contributed by atoms with van der Waals surface area (Å²) < 4.78 is 4.14. The molecule has 0 aliphatic carbocycles. The first-order valence-corrected chi connectivity index (χ1v) is 1.58. The van der Waals surface area contributed by atoms with Gasteiger partial charge in [0, 0.05) is 0 Å². The first-order chi connectivity index (χ1) is 2.81. The van der Waals surface area contributed by atoms with Crippen molar-refractivity contribution in [1.29, 1.82) is 0 Å². The first kappa shape index (κ1) is 5.43. The number of carbonyl (C=O) groups excluding carboxylic acids is 1. The Labute approximate surface area is 36.1 Å². The van der Waals surface area contributed by atoms with Gasteiger partial charge < -0.3 is 10.5 Å². The number of methoxy groups -OCH3 is 1. The summed E-state index contributed by atoms with van der Waals surface area (Å²) >= 11 is 0. The number of esters is 1. The van der Waals surface area contributed by atoms with Crippen molar-refractivity contribution in [3.8, 4) is 0 Å². The molecular formula is C3H7NO2. The average molecular weight is 93.1 g/mol. The van der Waals surface area contributed by atoms with Gasteiger partial charge in [-0.15, -0.1) is 0 Å². The summed E-state index contributed by atoms with van der Waals surface area (Å²) in [4.78, 5) is 9.83. The maximum atomic E-state index is 9.83. The summed E-state index contributed by atoms with van der Waals surface area (Å²) in [5, 5.41) is 0. The molecule has 0 aromatic heterocycles. The normalized spacial score (nSPS) is 7.67. The molecular weight excluding hydrogens is 86.0 g/mol. The summed E-state index contributed by atoms with van der Waals surface area (Å²) in [7, 11) is 1.30. The van der Waals surface area contributed by atoms with Crippen LogP contribution in [0, 0.1) is 0 Å². The van der Waals surface area contributed by atoms with Crippen LogP contribution in [0.5, 0.6) is 0 Å². The van der Waals surface area contributed by atoms with E-state index in [0.29, 0.717) is 0 Å². The zero-order chi connectivity index (χ0) is 4.99. The highest BCUT2D eigenvalue weighted by atomic mass is 16.8. The van der Waals surface area contributed by atoms with Crippen molar-refractivity contribution in [3.63, 3.8) is 0 Å². The Balaban J connectivity index is 2.99. The van der Waals surface area contributed by atoms with E-state index >= 15 is 0 Å². The van der Waals surface area contributed by atoms with E-state index in [4.69, 9.17) is 5.73 Å². The standard InChI is InChI=1S/C3H7NO2/c1-6-3(5)2-4/h2,4H2,1H3/i2+2,3+2. The second-order valence-electron chi connectivity index (χ2n) is 0.780. The number of ether oxygens (including phenoxy) is 1. The van der Waals surface area contributed by atoms with E-state index in [1.807, 2.05) is 0 Å². The smallest absolute Gasteiger partial charge is 0.319 e. The molecule has 0 unspecified atom stereocenters. The van der Waals surface area contributed by atoms with Gasteiger partial charge in [0.05, 0.1) is 13.7 Å². The predicted molar refractivity (Wildman–Crippen MR) is 21.1 cm³/mol. The van der Waals surface area contributed by atoms with E-state index in [2.05, 4.69) is 4.74 Å². The molecule has 0 aromatic carbocycles. The minimum absolute atomic E-state index is 0.0312. The quantitative estimate of drug-likeness (QED) is 0.428. The van der Waals surface area contributed by atoms with Gasteiger partial charge in [0.2, 0.25) is 0 Å². The summed E-state index contributed by atoms with van der Waals surface area (Å²) in [5.74, 6) is -0.380. The molecule has 0 amide bonds. The third-order valence-corrected chi connectivity index (χ3v) is 0.394. The zero-order valence-corrected chi connectivity index (χ0v) is 3.60. The van der Waals surface area contributed by atoms with E-state index in [1.54, 1.807) is 0 Å². The molecule has 0 atom stereocenters. The van der Waals surface area contributed by atoms with Gasteiger partial charge in [-0.05, 0) is 0 Å². The number of hydrogen-bond acceptors (Lipinski definition) is 3. The lowest BCUT2D eigenvalue weighted by Gasteiger charge is -1.87. The molecule has 0 aromatic rings. The maximum absolute atomic E-state index is 9.83. The predicted octanol–water partition coefficient (Wildman–Crippen LogP) is -0.882. The molecule has 0 bridgehead atoms. The van der Waals surface area contributed by atoms with Gasteiger partial charge in [-0.25, -0.2) is 0 Å². The summed E-state index contributed by atoms with van der Waals surface area (Å²) in [6, 6.07) is 0. The van der Waals surface area contributed by atoms with Crippen LogP contribution in [-0.4, -0.2) is 19.6 Å². The third-order valence-electron chi connectivity index (χ3n) is 0.394. The largest absolute Gasteiger partial charge is 0.468 e. The SMILES string of the molecule is CO[14C](=O)[14CH2]N. The van der Waals surface area contributed by atoms with Crippen LogP contribution in [0.1, 0.15) is 0 Å². The van der Waals surface area contributed by atoms with Crippen LogP contribution >= 0.6 is 0 Å². The molecule has 0 aliphatic rings. The van der Waals surface area contributed by atoms with Crippen LogP contribution in [-0.2, 0) is 9.53 Å². The van der Waals surface area contributed by atoms with Crippen molar-refractivity contribution in [3.05, 3.63) is 0 Å². The lowest BCUT2D eigenvalue weighted by Crippen LogP contribution is -2.14. The van der Waals surface area contributed by atoms with Gasteiger partial charge >= 0.3 is 5.97 Å². The van der Waals surface area contributed by atoms with Gasteiger partial charge in [-0.2, -0.15) is 0 Å². The van der Waals surface area contributed by atoms with Crippen LogP contribution in [0.4, 0.5) is 0 Å². The fourth-order valence-electron chi connectivity index (χ4n) is 0.0833. The Hall–Kier alpha value is -0.570. The number of carbonyl (C=O) groups is 1. The highest BCUT2D eigenvalue weighted by Gasteiger charge is 1.87. The summed E-state index contributed by atoms with van der Waals surface area (Å²) in [6.07, 6.45) is 0. The van der Waals surface area contributed by atoms with Crippen molar-refractivity contribution in [1.82, 2.24) is 0 Å². The van der Waals surface area contributed by atoms with Crippen LogP contribution < -0.4 is 5.73 Å². The molecule has 0 fully saturated rings. The van der Waals surface area contributed by atoms with E-state index in [9.17, 15) is 4.79 Å². The summed E-state index contributed by atoms with van der Waals surface area (Å²) in [6.45, 7) is -0.0312. The van der Waals surface area contributed by atoms with Crippen molar-refractivity contribution in [2.75, 3.05) is 13.7 Å². The fraction of sp³-hybridized carbons (Fsp3) is 0.667. The molecule has 0 saturated carbocycles. The van der Waals surface area contributed by atoms with Crippen molar-refractivity contribution in [2.24, 2.45) is 5.73 Å². The maximum Gasteiger partial charge on any atom is 0.319 e. The highest BCUT2D eigenvalue weighted by molar-refractivity contribution is 5.70. The molecule has 0 radical (unpaired) electrons. The van der Waals surface area contributed by atoms with Crippen LogP contribution in [0.25, 0.3) is 0 Å². The molecule has 3 nitrogen and oxygen atoms in total. The van der Waals surface area contributed by atoms with Gasteiger partial charge in [-0.3, -0.25) is 4.79 Å². The van der Waals surface area contributed by atoms with E-state index in [1.165, 1.54) is 7.11 Å². The van der Waals surface area contributed by atoms with Crippen molar-refractivity contribution >= 4 is 5.97 Å². The van der Waals surface area contributed by atoms with Gasteiger partial charge in [0.1, 0.15) is 0 Å². The Morgan fingerprint density at radius 3 is 2.50 bits per heavy atom. The fourth-order valence-corrected chi connectivity index (χ4v) is 0.0833. The van der Waals surface area contributed by atoms with Gasteiger partial charge in [0.25, 0.3) is 0 Å². The lowest BCUT2D eigenvalue weighted by molar-refractivity contribution is -0.138. The van der Waals surface area contributed by atoms with Crippen molar-refractivity contribution < 1.29 is 9.53 Å². The Morgan fingerprint density at radius 1 is 2.00 bits per heavy atom. The highest BCUT2D eigenvalue weighted by Crippen LogP contribution is 1.61. The van der Waals surface area contributed by atoms with E-state index in [-0.39, 0.29) is 12.5 Å². The monoisotopic (exact) mass is 93.1 g/mol. The third kappa shape index (κ3) is 1.72. The number of hydrogen-bond donors (Lipinski definition) is 1. The molecule has 0 saturated heterocycles. The van der Waals surface area contributed by atoms with Crippen molar-refractivity contribution in [2.45, 2.75) is 0 Å². The van der Waals surface area contributed by atoms with Crippen LogP contribution in [0.2, 0.25) is 0 Å². The van der Waals surface area contributed by atoms with Crippen LogP contribution in [0.3, 0.4) is 0 Å². The number of rotatable bonds is 1. The first-order valence-electron chi connectivity index (χ1n) is 1.58. The summed E-state index contributed by atoms with van der Waals surface area (Å²) in [5.41, 5.74) is 4.81. The van der Waals surface area contributed by atoms with E-state index < -0.39 is 0 Å². The molecule has 3 heteroatoms. The molecule has 0 spiro atoms. The molecule has 6 heavy (non-hydrogen) atoms. The van der Waals surface area contributed by atoms with Crippen LogP contribution in [0.15, 0.2) is 0 Å². The lowest BCUT2D eigenvalue weighted by atomic mass is 11.7. The second-order valence-corrected chi connectivity index (χ2v) is 0.780. The number of nitrogens with two attached hydrogens (primary N) is 1. The molecule has 0 aliphatic heterocycles. The molecule has 0 rings (SSSR count). The Bertz CT molecular complexity index is 46.8. The Kier molecular flexibility index (Phi) is 2.40. The zero-order valence-electron chi connectivity index (χ0n) is 3.60. The Morgan fingerprint density at radius 2 is 2.50 bits per heavy atom. The molecule has 36 valence electrons. The minimum atomic E-state index is -0.380.